The summed E-state index contributed by atoms with van der Waals surface area (Å²) in [6.07, 6.45) is 7.58. The molecule has 0 aromatic heterocycles. The number of hydrogen-bond donors (Lipinski definition) is 0. The molecule has 0 saturated carbocycles. The summed E-state index contributed by atoms with van der Waals surface area (Å²) >= 11 is 0. The number of nitrogens with zero attached hydrogens (tertiary/aromatic N) is 2. The average molecular weight is 312 g/mol. The Labute approximate surface area is 134 Å². The van der Waals surface area contributed by atoms with E-state index < -0.39 is 0 Å². The van der Waals surface area contributed by atoms with Crippen LogP contribution >= 0.6 is 0 Å². The first-order valence-corrected chi connectivity index (χ1v) is 8.87. The first-order chi connectivity index (χ1) is 10.7. The van der Waals surface area contributed by atoms with Gasteiger partial charge in [-0.05, 0) is 38.6 Å². The maximum absolute atomic E-state index is 11.8. The Morgan fingerprint density at radius 2 is 1.64 bits per heavy atom. The van der Waals surface area contributed by atoms with Gasteiger partial charge in [-0.15, -0.1) is 0 Å². The summed E-state index contributed by atoms with van der Waals surface area (Å²) in [5, 5.41) is 0. The van der Waals surface area contributed by atoms with E-state index in [1.54, 1.807) is 7.11 Å². The minimum atomic E-state index is 0.102. The van der Waals surface area contributed by atoms with E-state index in [0.717, 1.165) is 38.8 Å². The highest BCUT2D eigenvalue weighted by atomic mass is 16.5. The highest BCUT2D eigenvalue weighted by Gasteiger charge is 2.27. The van der Waals surface area contributed by atoms with Crippen LogP contribution in [0.3, 0.4) is 0 Å². The lowest BCUT2D eigenvalue weighted by Gasteiger charge is -2.37. The largest absolute Gasteiger partial charge is 0.375 e. The normalized spacial score (nSPS) is 22.2. The van der Waals surface area contributed by atoms with Gasteiger partial charge < -0.3 is 19.3 Å². The Balaban J connectivity index is 1.62. The lowest BCUT2D eigenvalue weighted by molar-refractivity contribution is -0.139. The predicted molar refractivity (Wildman–Crippen MR) is 86.9 cm³/mol. The van der Waals surface area contributed by atoms with Crippen molar-refractivity contribution < 1.29 is 14.3 Å². The minimum absolute atomic E-state index is 0.102. The molecule has 2 aliphatic heterocycles. The van der Waals surface area contributed by atoms with Gasteiger partial charge in [-0.25, -0.2) is 0 Å². The van der Waals surface area contributed by atoms with Gasteiger partial charge in [0.1, 0.15) is 6.61 Å². The van der Waals surface area contributed by atoms with Crippen LogP contribution in [-0.4, -0.2) is 74.4 Å². The van der Waals surface area contributed by atoms with Crippen LogP contribution in [0.5, 0.6) is 0 Å². The van der Waals surface area contributed by atoms with Crippen LogP contribution in [0.25, 0.3) is 0 Å². The van der Waals surface area contributed by atoms with Gasteiger partial charge in [-0.3, -0.25) is 4.79 Å². The van der Waals surface area contributed by atoms with Gasteiger partial charge in [0.2, 0.25) is 5.91 Å². The molecule has 0 aliphatic carbocycles. The Hall–Kier alpha value is -0.650. The quantitative estimate of drug-likeness (QED) is 0.720. The summed E-state index contributed by atoms with van der Waals surface area (Å²) in [5.74, 6) is 0.102. The molecule has 0 aromatic rings. The molecule has 0 atom stereocenters. The van der Waals surface area contributed by atoms with E-state index in [1.807, 2.05) is 4.90 Å². The number of unbranched alkanes of at least 4 members (excludes halogenated alkanes) is 1. The number of ether oxygens (including phenoxy) is 2. The topological polar surface area (TPSA) is 42.0 Å². The summed E-state index contributed by atoms with van der Waals surface area (Å²) in [5.41, 5.74) is 0. The molecule has 0 N–H and O–H groups in total. The second-order valence-corrected chi connectivity index (χ2v) is 6.54. The number of likely N-dealkylation sites (tertiary alicyclic amines) is 2. The molecule has 0 bridgehead atoms. The molecule has 2 fully saturated rings. The maximum atomic E-state index is 11.8. The second-order valence-electron chi connectivity index (χ2n) is 6.54. The zero-order valence-corrected chi connectivity index (χ0v) is 14.3. The van der Waals surface area contributed by atoms with Crippen LogP contribution in [0.2, 0.25) is 0 Å². The van der Waals surface area contributed by atoms with E-state index in [1.165, 1.54) is 32.5 Å². The summed E-state index contributed by atoms with van der Waals surface area (Å²) in [7, 11) is 1.57. The molecule has 2 saturated heterocycles. The number of carbonyl (C=O) groups excluding carboxylic acids is 1. The van der Waals surface area contributed by atoms with Crippen molar-refractivity contribution in [2.75, 3.05) is 46.4 Å². The van der Waals surface area contributed by atoms with Gasteiger partial charge in [-0.1, -0.05) is 13.3 Å². The maximum Gasteiger partial charge on any atom is 0.248 e. The lowest BCUT2D eigenvalue weighted by atomic mass is 10.0. The molecule has 0 unspecified atom stereocenters. The van der Waals surface area contributed by atoms with Crippen LogP contribution < -0.4 is 0 Å². The molecule has 0 spiro atoms. The van der Waals surface area contributed by atoms with Crippen molar-refractivity contribution in [1.29, 1.82) is 0 Å². The average Bonchev–Trinajstić information content (AvgIpc) is 2.55. The highest BCUT2D eigenvalue weighted by molar-refractivity contribution is 5.77. The van der Waals surface area contributed by atoms with Crippen LogP contribution in [0.1, 0.15) is 45.4 Å². The molecular weight excluding hydrogens is 280 g/mol. The van der Waals surface area contributed by atoms with Crippen molar-refractivity contribution in [2.45, 2.75) is 57.7 Å². The third kappa shape index (κ3) is 5.52. The van der Waals surface area contributed by atoms with Crippen molar-refractivity contribution in [2.24, 2.45) is 0 Å². The van der Waals surface area contributed by atoms with Gasteiger partial charge in [0.15, 0.2) is 0 Å². The van der Waals surface area contributed by atoms with Gasteiger partial charge in [0.05, 0.1) is 12.2 Å². The molecule has 2 aliphatic rings. The molecule has 5 heteroatoms. The van der Waals surface area contributed by atoms with Crippen LogP contribution in [-0.2, 0) is 14.3 Å². The number of piperidine rings is 2. The van der Waals surface area contributed by atoms with Crippen molar-refractivity contribution in [3.05, 3.63) is 0 Å². The molecule has 0 aromatic carbocycles. The second kappa shape index (κ2) is 9.48. The first-order valence-electron chi connectivity index (χ1n) is 8.87. The number of carbonyl (C=O) groups is 1. The number of methoxy groups -OCH3 is 1. The smallest absolute Gasteiger partial charge is 0.248 e. The number of rotatable bonds is 7. The predicted octanol–water partition coefficient (Wildman–Crippen LogP) is 1.90. The number of amides is 1. The first kappa shape index (κ1) is 17.7. The Morgan fingerprint density at radius 3 is 2.18 bits per heavy atom. The van der Waals surface area contributed by atoms with Gasteiger partial charge in [0.25, 0.3) is 0 Å². The van der Waals surface area contributed by atoms with Gasteiger partial charge in [-0.2, -0.15) is 0 Å². The lowest BCUT2D eigenvalue weighted by Crippen LogP contribution is -2.44. The van der Waals surface area contributed by atoms with Crippen molar-refractivity contribution in [3.63, 3.8) is 0 Å². The van der Waals surface area contributed by atoms with Crippen LogP contribution in [0.15, 0.2) is 0 Å². The van der Waals surface area contributed by atoms with E-state index in [9.17, 15) is 4.79 Å². The Bertz CT molecular complexity index is 322. The van der Waals surface area contributed by atoms with Crippen molar-refractivity contribution in [1.82, 2.24) is 9.80 Å². The van der Waals surface area contributed by atoms with Crippen LogP contribution in [0.4, 0.5) is 0 Å². The SMILES string of the molecule is CCCCN1CCC(OC2CCN(C(=O)COC)CC2)CC1. The fourth-order valence-electron chi connectivity index (χ4n) is 3.38. The summed E-state index contributed by atoms with van der Waals surface area (Å²) in [4.78, 5) is 16.2. The third-order valence-electron chi connectivity index (χ3n) is 4.81. The van der Waals surface area contributed by atoms with Crippen molar-refractivity contribution >= 4 is 5.91 Å². The summed E-state index contributed by atoms with van der Waals surface area (Å²) in [6.45, 7) is 7.65. The van der Waals surface area contributed by atoms with Crippen molar-refractivity contribution in [3.8, 4) is 0 Å². The van der Waals surface area contributed by atoms with E-state index in [0.29, 0.717) is 12.2 Å². The van der Waals surface area contributed by atoms with Gasteiger partial charge >= 0.3 is 0 Å². The fourth-order valence-corrected chi connectivity index (χ4v) is 3.38. The number of hydrogen-bond acceptors (Lipinski definition) is 4. The Morgan fingerprint density at radius 1 is 1.05 bits per heavy atom. The highest BCUT2D eigenvalue weighted by Crippen LogP contribution is 2.21. The van der Waals surface area contributed by atoms with E-state index in [2.05, 4.69) is 11.8 Å². The van der Waals surface area contributed by atoms with E-state index in [-0.39, 0.29) is 12.5 Å². The molecule has 5 nitrogen and oxygen atoms in total. The Kier molecular flexibility index (Phi) is 7.63. The van der Waals surface area contributed by atoms with Crippen LogP contribution in [0, 0.1) is 0 Å². The fraction of sp³-hybridized carbons (Fsp3) is 0.941. The minimum Gasteiger partial charge on any atom is -0.375 e. The van der Waals surface area contributed by atoms with E-state index in [4.69, 9.17) is 9.47 Å². The van der Waals surface area contributed by atoms with Gasteiger partial charge in [0, 0.05) is 33.3 Å². The molecular formula is C17H32N2O3. The van der Waals surface area contributed by atoms with E-state index >= 15 is 0 Å². The molecule has 1 amide bonds. The molecule has 2 heterocycles. The monoisotopic (exact) mass is 312 g/mol. The zero-order valence-electron chi connectivity index (χ0n) is 14.3. The zero-order chi connectivity index (χ0) is 15.8. The molecule has 0 radical (unpaired) electrons. The summed E-state index contributed by atoms with van der Waals surface area (Å²) in [6, 6.07) is 0. The molecule has 22 heavy (non-hydrogen) atoms. The third-order valence-corrected chi connectivity index (χ3v) is 4.81. The summed E-state index contributed by atoms with van der Waals surface area (Å²) < 4.78 is 11.2. The molecule has 2 rings (SSSR count). The standard InChI is InChI=1S/C17H32N2O3/c1-3-4-9-18-10-5-15(6-11-18)22-16-7-12-19(13-8-16)17(20)14-21-2/h15-16H,3-14H2,1-2H3. The molecule has 128 valence electrons.